The highest BCUT2D eigenvalue weighted by Crippen LogP contribution is 2.13. The van der Waals surface area contributed by atoms with Crippen LogP contribution in [0, 0.1) is 6.92 Å². The van der Waals surface area contributed by atoms with Gasteiger partial charge in [-0.05, 0) is 24.6 Å². The van der Waals surface area contributed by atoms with E-state index in [1.807, 2.05) is 31.2 Å². The molecule has 2 aromatic rings. The fourth-order valence-electron chi connectivity index (χ4n) is 1.65. The van der Waals surface area contributed by atoms with Crippen LogP contribution in [0.4, 0.5) is 11.6 Å². The molecule has 0 amide bonds. The van der Waals surface area contributed by atoms with E-state index in [1.165, 1.54) is 6.07 Å². The van der Waals surface area contributed by atoms with Gasteiger partial charge in [0, 0.05) is 18.9 Å². The molecule has 94 valence electrons. The first kappa shape index (κ1) is 12.3. The Morgan fingerprint density at radius 1 is 1.39 bits per heavy atom. The Bertz CT molecular complexity index is 593. The summed E-state index contributed by atoms with van der Waals surface area (Å²) in [4.78, 5) is 18.3. The first-order valence-electron chi connectivity index (χ1n) is 5.60. The molecule has 0 radical (unpaired) electrons. The van der Waals surface area contributed by atoms with Crippen molar-refractivity contribution in [3.05, 3.63) is 51.9 Å². The summed E-state index contributed by atoms with van der Waals surface area (Å²) in [6.45, 7) is 2.31. The molecule has 0 unspecified atom stereocenters. The van der Waals surface area contributed by atoms with E-state index in [0.717, 1.165) is 11.3 Å². The third-order valence-corrected chi connectivity index (χ3v) is 2.37. The van der Waals surface area contributed by atoms with Crippen molar-refractivity contribution in [1.29, 1.82) is 0 Å². The molecular formula is C13H15N3O2. The normalized spacial score (nSPS) is 10.3. The topological polar surface area (TPSA) is 67.0 Å². The first-order chi connectivity index (χ1) is 8.67. The number of ether oxygens (including phenoxy) is 1. The zero-order valence-electron chi connectivity index (χ0n) is 10.4. The molecule has 0 aliphatic rings. The lowest BCUT2D eigenvalue weighted by atomic mass is 10.2. The third kappa shape index (κ3) is 3.18. The number of methoxy groups -OCH3 is 1. The van der Waals surface area contributed by atoms with Gasteiger partial charge in [-0.15, -0.1) is 0 Å². The molecule has 2 rings (SSSR count). The van der Waals surface area contributed by atoms with Crippen molar-refractivity contribution in [2.24, 2.45) is 0 Å². The van der Waals surface area contributed by atoms with Crippen molar-refractivity contribution in [3.63, 3.8) is 0 Å². The number of aromatic nitrogens is 2. The van der Waals surface area contributed by atoms with Gasteiger partial charge < -0.3 is 10.1 Å². The number of nitrogens with one attached hydrogen (secondary N) is 2. The smallest absolute Gasteiger partial charge is 0.252 e. The van der Waals surface area contributed by atoms with Crippen LogP contribution in [0.3, 0.4) is 0 Å². The van der Waals surface area contributed by atoms with Crippen LogP contribution >= 0.6 is 0 Å². The summed E-state index contributed by atoms with van der Waals surface area (Å²) in [6, 6.07) is 9.25. The van der Waals surface area contributed by atoms with Gasteiger partial charge in [-0.3, -0.25) is 9.78 Å². The molecule has 5 heteroatoms. The van der Waals surface area contributed by atoms with Crippen molar-refractivity contribution < 1.29 is 4.74 Å². The molecule has 1 aromatic heterocycles. The summed E-state index contributed by atoms with van der Waals surface area (Å²) in [5.74, 6) is 0.417. The number of hydrogen-bond acceptors (Lipinski definition) is 4. The quantitative estimate of drug-likeness (QED) is 0.864. The largest absolute Gasteiger partial charge is 0.378 e. The fraction of sp³-hybridized carbons (Fsp3) is 0.231. The van der Waals surface area contributed by atoms with E-state index in [-0.39, 0.29) is 5.56 Å². The maximum Gasteiger partial charge on any atom is 0.252 e. The van der Waals surface area contributed by atoms with Gasteiger partial charge in [0.1, 0.15) is 0 Å². The molecule has 1 heterocycles. The third-order valence-electron chi connectivity index (χ3n) is 2.37. The SMILES string of the molecule is COCc1cc(=O)[nH]c(Nc2cccc(C)c2)n1. The first-order valence-corrected chi connectivity index (χ1v) is 5.60. The van der Waals surface area contributed by atoms with E-state index >= 15 is 0 Å². The van der Waals surface area contributed by atoms with Crippen LogP contribution in [0.15, 0.2) is 35.1 Å². The highest BCUT2D eigenvalue weighted by atomic mass is 16.5. The van der Waals surface area contributed by atoms with Gasteiger partial charge in [-0.2, -0.15) is 0 Å². The molecule has 0 saturated heterocycles. The average Bonchev–Trinajstić information content (AvgIpc) is 2.28. The van der Waals surface area contributed by atoms with Gasteiger partial charge in [-0.1, -0.05) is 12.1 Å². The van der Waals surface area contributed by atoms with Gasteiger partial charge in [0.05, 0.1) is 12.3 Å². The molecule has 2 N–H and O–H groups in total. The monoisotopic (exact) mass is 245 g/mol. The van der Waals surface area contributed by atoms with Crippen molar-refractivity contribution in [2.75, 3.05) is 12.4 Å². The van der Waals surface area contributed by atoms with Crippen LogP contribution in [0.25, 0.3) is 0 Å². The van der Waals surface area contributed by atoms with Crippen LogP contribution in [0.5, 0.6) is 0 Å². The van der Waals surface area contributed by atoms with E-state index in [9.17, 15) is 4.79 Å². The number of benzene rings is 1. The molecule has 0 spiro atoms. The van der Waals surface area contributed by atoms with Crippen LogP contribution in [0.1, 0.15) is 11.3 Å². The molecule has 0 atom stereocenters. The lowest BCUT2D eigenvalue weighted by Crippen LogP contribution is -2.12. The Kier molecular flexibility index (Phi) is 3.74. The zero-order chi connectivity index (χ0) is 13.0. The standard InChI is InChI=1S/C13H15N3O2/c1-9-4-3-5-10(6-9)14-13-15-11(8-18-2)7-12(17)16-13/h3-7H,8H2,1-2H3,(H2,14,15,16,17). The molecule has 1 aromatic carbocycles. The Labute approximate surface area is 105 Å². The minimum absolute atomic E-state index is 0.202. The number of hydrogen-bond donors (Lipinski definition) is 2. The maximum atomic E-state index is 11.5. The lowest BCUT2D eigenvalue weighted by Gasteiger charge is -2.07. The Morgan fingerprint density at radius 2 is 2.22 bits per heavy atom. The minimum atomic E-state index is -0.202. The number of H-pyrrole nitrogens is 1. The fourth-order valence-corrected chi connectivity index (χ4v) is 1.65. The van der Waals surface area contributed by atoms with Crippen LogP contribution in [-0.4, -0.2) is 17.1 Å². The molecule has 0 aliphatic carbocycles. The Hall–Kier alpha value is -2.14. The molecule has 0 fully saturated rings. The maximum absolute atomic E-state index is 11.5. The Balaban J connectivity index is 2.26. The number of rotatable bonds is 4. The summed E-state index contributed by atoms with van der Waals surface area (Å²) < 4.78 is 4.96. The second-order valence-corrected chi connectivity index (χ2v) is 4.01. The van der Waals surface area contributed by atoms with Crippen molar-refractivity contribution in [1.82, 2.24) is 9.97 Å². The van der Waals surface area contributed by atoms with Crippen LogP contribution in [0.2, 0.25) is 0 Å². The van der Waals surface area contributed by atoms with Crippen LogP contribution in [-0.2, 0) is 11.3 Å². The highest BCUT2D eigenvalue weighted by molar-refractivity contribution is 5.54. The molecule has 0 saturated carbocycles. The van der Waals surface area contributed by atoms with Gasteiger partial charge in [0.25, 0.3) is 5.56 Å². The molecule has 0 bridgehead atoms. The zero-order valence-corrected chi connectivity index (χ0v) is 10.4. The van der Waals surface area contributed by atoms with Crippen LogP contribution < -0.4 is 10.9 Å². The van der Waals surface area contributed by atoms with Crippen molar-refractivity contribution in [3.8, 4) is 0 Å². The van der Waals surface area contributed by atoms with Gasteiger partial charge in [0.15, 0.2) is 0 Å². The summed E-state index contributed by atoms with van der Waals surface area (Å²) in [6.07, 6.45) is 0. The average molecular weight is 245 g/mol. The summed E-state index contributed by atoms with van der Waals surface area (Å²) >= 11 is 0. The Morgan fingerprint density at radius 3 is 2.94 bits per heavy atom. The number of aryl methyl sites for hydroxylation is 1. The van der Waals surface area contributed by atoms with E-state index in [1.54, 1.807) is 7.11 Å². The predicted octanol–water partition coefficient (Wildman–Crippen LogP) is 1.97. The summed E-state index contributed by atoms with van der Waals surface area (Å²) in [5.41, 5.74) is 2.41. The van der Waals surface area contributed by atoms with E-state index in [0.29, 0.717) is 18.2 Å². The lowest BCUT2D eigenvalue weighted by molar-refractivity contribution is 0.181. The van der Waals surface area contributed by atoms with E-state index < -0.39 is 0 Å². The highest BCUT2D eigenvalue weighted by Gasteiger charge is 2.01. The summed E-state index contributed by atoms with van der Waals surface area (Å²) in [5, 5.41) is 3.06. The van der Waals surface area contributed by atoms with Crippen molar-refractivity contribution in [2.45, 2.75) is 13.5 Å². The second kappa shape index (κ2) is 5.46. The van der Waals surface area contributed by atoms with E-state index in [2.05, 4.69) is 15.3 Å². The molecule has 5 nitrogen and oxygen atoms in total. The number of anilines is 2. The minimum Gasteiger partial charge on any atom is -0.378 e. The van der Waals surface area contributed by atoms with Crippen molar-refractivity contribution >= 4 is 11.6 Å². The van der Waals surface area contributed by atoms with Gasteiger partial charge in [0.2, 0.25) is 5.95 Å². The molecule has 18 heavy (non-hydrogen) atoms. The number of nitrogens with zero attached hydrogens (tertiary/aromatic N) is 1. The molecular weight excluding hydrogens is 230 g/mol. The summed E-state index contributed by atoms with van der Waals surface area (Å²) in [7, 11) is 1.57. The van der Waals surface area contributed by atoms with E-state index in [4.69, 9.17) is 4.74 Å². The second-order valence-electron chi connectivity index (χ2n) is 4.01. The molecule has 0 aliphatic heterocycles. The van der Waals surface area contributed by atoms with Gasteiger partial charge >= 0.3 is 0 Å². The predicted molar refractivity (Wildman–Crippen MR) is 70.0 cm³/mol. The number of aromatic amines is 1. The van der Waals surface area contributed by atoms with Gasteiger partial charge in [-0.25, -0.2) is 4.98 Å².